The Hall–Kier alpha value is -2.63. The quantitative estimate of drug-likeness (QED) is 0.435. The molecule has 0 fully saturated rings. The Bertz CT molecular complexity index is 1210. The normalized spacial score (nSPS) is 11.3. The minimum Gasteiger partial charge on any atom is -0.462 e. The van der Waals surface area contributed by atoms with Crippen molar-refractivity contribution in [2.24, 2.45) is 12.8 Å². The second-order valence-electron chi connectivity index (χ2n) is 6.68. The molecule has 142 valence electrons. The van der Waals surface area contributed by atoms with Crippen LogP contribution in [0.1, 0.15) is 23.0 Å². The molecule has 0 radical (unpaired) electrons. The summed E-state index contributed by atoms with van der Waals surface area (Å²) < 4.78 is 8.26. The summed E-state index contributed by atoms with van der Waals surface area (Å²) in [5, 5.41) is 3.19. The van der Waals surface area contributed by atoms with Gasteiger partial charge in [0.15, 0.2) is 0 Å². The molecule has 0 bridgehead atoms. The topological polar surface area (TPSA) is 57.2 Å². The van der Waals surface area contributed by atoms with Crippen LogP contribution in [0.25, 0.3) is 32.8 Å². The molecule has 0 spiro atoms. The summed E-state index contributed by atoms with van der Waals surface area (Å²) in [7, 11) is 1.93. The van der Waals surface area contributed by atoms with Crippen molar-refractivity contribution in [3.05, 3.63) is 70.3 Å². The van der Waals surface area contributed by atoms with Crippen molar-refractivity contribution < 1.29 is 9.53 Å². The lowest BCUT2D eigenvalue weighted by Crippen LogP contribution is -2.12. The molecular formula is C23H21BrN2O2. The monoisotopic (exact) mass is 436 g/mol. The van der Waals surface area contributed by atoms with Gasteiger partial charge in [0, 0.05) is 29.1 Å². The van der Waals surface area contributed by atoms with E-state index in [1.807, 2.05) is 36.7 Å². The van der Waals surface area contributed by atoms with E-state index in [9.17, 15) is 4.79 Å². The third-order valence-electron chi connectivity index (χ3n) is 5.16. The number of carbonyl (C=O) groups excluding carboxylic acids is 1. The van der Waals surface area contributed by atoms with E-state index in [0.29, 0.717) is 12.2 Å². The lowest BCUT2D eigenvalue weighted by molar-refractivity contribution is 0.0527. The van der Waals surface area contributed by atoms with Crippen molar-refractivity contribution in [2.75, 3.05) is 6.61 Å². The van der Waals surface area contributed by atoms with Crippen LogP contribution in [-0.4, -0.2) is 17.1 Å². The van der Waals surface area contributed by atoms with Crippen LogP contribution in [-0.2, 0) is 18.3 Å². The molecule has 0 aliphatic heterocycles. The number of aryl methyl sites for hydroxylation is 1. The van der Waals surface area contributed by atoms with Gasteiger partial charge in [-0.25, -0.2) is 4.79 Å². The van der Waals surface area contributed by atoms with E-state index in [0.717, 1.165) is 37.6 Å². The first-order valence-corrected chi connectivity index (χ1v) is 10.0. The Balaban J connectivity index is 2.05. The van der Waals surface area contributed by atoms with Crippen LogP contribution >= 0.6 is 15.9 Å². The van der Waals surface area contributed by atoms with Crippen molar-refractivity contribution in [3.63, 3.8) is 0 Å². The van der Waals surface area contributed by atoms with Gasteiger partial charge < -0.3 is 15.0 Å². The molecule has 0 unspecified atom stereocenters. The van der Waals surface area contributed by atoms with Gasteiger partial charge in [-0.05, 0) is 41.0 Å². The molecule has 1 aromatic heterocycles. The number of nitrogens with two attached hydrogens (primary N) is 1. The summed E-state index contributed by atoms with van der Waals surface area (Å²) in [6.07, 6.45) is 0. The number of hydrogen-bond donors (Lipinski definition) is 1. The SMILES string of the molecule is CCOC(=O)c1c(CN)n(C)c2cc(Br)c(-c3cccc4ccccc34)cc12. The number of halogens is 1. The Morgan fingerprint density at radius 1 is 1.07 bits per heavy atom. The number of nitrogens with zero attached hydrogens (tertiary/aromatic N) is 1. The van der Waals surface area contributed by atoms with Crippen LogP contribution in [0.15, 0.2) is 59.1 Å². The minimum absolute atomic E-state index is 0.264. The Morgan fingerprint density at radius 3 is 2.57 bits per heavy atom. The third-order valence-corrected chi connectivity index (χ3v) is 5.82. The van der Waals surface area contributed by atoms with Gasteiger partial charge in [0.1, 0.15) is 0 Å². The van der Waals surface area contributed by atoms with E-state index in [4.69, 9.17) is 10.5 Å². The van der Waals surface area contributed by atoms with Gasteiger partial charge in [-0.1, -0.05) is 58.4 Å². The number of ether oxygens (including phenoxy) is 1. The van der Waals surface area contributed by atoms with E-state index in [-0.39, 0.29) is 12.5 Å². The maximum Gasteiger partial charge on any atom is 0.340 e. The van der Waals surface area contributed by atoms with Gasteiger partial charge >= 0.3 is 5.97 Å². The van der Waals surface area contributed by atoms with Gasteiger partial charge in [0.2, 0.25) is 0 Å². The molecule has 0 aliphatic carbocycles. The van der Waals surface area contributed by atoms with Crippen molar-refractivity contribution in [2.45, 2.75) is 13.5 Å². The van der Waals surface area contributed by atoms with E-state index >= 15 is 0 Å². The number of rotatable bonds is 4. The predicted octanol–water partition coefficient (Wildman–Crippen LogP) is 5.40. The molecule has 4 rings (SSSR count). The molecule has 0 atom stereocenters. The molecule has 3 aromatic carbocycles. The van der Waals surface area contributed by atoms with Crippen LogP contribution in [0.3, 0.4) is 0 Å². The predicted molar refractivity (Wildman–Crippen MR) is 117 cm³/mol. The fraction of sp³-hybridized carbons (Fsp3) is 0.174. The number of esters is 1. The Labute approximate surface area is 172 Å². The largest absolute Gasteiger partial charge is 0.462 e. The number of carbonyl (C=O) groups is 1. The van der Waals surface area contributed by atoms with Crippen molar-refractivity contribution in [3.8, 4) is 11.1 Å². The average Bonchev–Trinajstić information content (AvgIpc) is 2.98. The van der Waals surface area contributed by atoms with E-state index < -0.39 is 0 Å². The molecule has 0 saturated heterocycles. The van der Waals surface area contributed by atoms with Crippen LogP contribution < -0.4 is 5.73 Å². The van der Waals surface area contributed by atoms with E-state index in [1.54, 1.807) is 0 Å². The highest BCUT2D eigenvalue weighted by molar-refractivity contribution is 9.10. The number of aromatic nitrogens is 1. The molecule has 4 aromatic rings. The number of fused-ring (bicyclic) bond motifs is 2. The van der Waals surface area contributed by atoms with Crippen LogP contribution in [0.2, 0.25) is 0 Å². The summed E-state index contributed by atoms with van der Waals surface area (Å²) in [5.74, 6) is -0.334. The summed E-state index contributed by atoms with van der Waals surface area (Å²) in [6, 6.07) is 18.7. The second-order valence-corrected chi connectivity index (χ2v) is 7.54. The molecule has 28 heavy (non-hydrogen) atoms. The highest BCUT2D eigenvalue weighted by Crippen LogP contribution is 2.38. The molecule has 0 saturated carbocycles. The number of hydrogen-bond acceptors (Lipinski definition) is 3. The van der Waals surface area contributed by atoms with Crippen LogP contribution in [0, 0.1) is 0 Å². The fourth-order valence-electron chi connectivity index (χ4n) is 3.85. The van der Waals surface area contributed by atoms with Crippen molar-refractivity contribution >= 4 is 43.6 Å². The standard InChI is InChI=1S/C23H21BrN2O2/c1-3-28-23(27)22-18-11-17(19(24)12-20(18)26(2)21(22)13-25)16-10-6-8-14-7-4-5-9-15(14)16/h4-12H,3,13,25H2,1-2H3. The summed E-state index contributed by atoms with van der Waals surface area (Å²) in [4.78, 5) is 12.7. The highest BCUT2D eigenvalue weighted by Gasteiger charge is 2.23. The van der Waals surface area contributed by atoms with Gasteiger partial charge in [0.05, 0.1) is 17.7 Å². The van der Waals surface area contributed by atoms with Crippen LogP contribution in [0.5, 0.6) is 0 Å². The third kappa shape index (κ3) is 2.91. The van der Waals surface area contributed by atoms with Gasteiger partial charge in [0.25, 0.3) is 0 Å². The molecule has 1 heterocycles. The fourth-order valence-corrected chi connectivity index (χ4v) is 4.39. The summed E-state index contributed by atoms with van der Waals surface area (Å²) in [6.45, 7) is 2.40. The molecule has 4 nitrogen and oxygen atoms in total. The Kier molecular flexibility index (Phi) is 4.96. The number of benzene rings is 3. The highest BCUT2D eigenvalue weighted by atomic mass is 79.9. The zero-order valence-electron chi connectivity index (χ0n) is 15.8. The Morgan fingerprint density at radius 2 is 1.82 bits per heavy atom. The summed E-state index contributed by atoms with van der Waals surface area (Å²) in [5.41, 5.74) is 10.4. The first-order valence-electron chi connectivity index (χ1n) is 9.23. The maximum absolute atomic E-state index is 12.7. The van der Waals surface area contributed by atoms with Crippen LogP contribution in [0.4, 0.5) is 0 Å². The van der Waals surface area contributed by atoms with Gasteiger partial charge in [-0.2, -0.15) is 0 Å². The smallest absolute Gasteiger partial charge is 0.340 e. The molecular weight excluding hydrogens is 416 g/mol. The van der Waals surface area contributed by atoms with Gasteiger partial charge in [-0.3, -0.25) is 0 Å². The van der Waals surface area contributed by atoms with E-state index in [1.165, 1.54) is 5.39 Å². The van der Waals surface area contributed by atoms with Gasteiger partial charge in [-0.15, -0.1) is 0 Å². The van der Waals surface area contributed by atoms with Crippen molar-refractivity contribution in [1.82, 2.24) is 4.57 Å². The lowest BCUT2D eigenvalue weighted by atomic mass is 9.96. The molecule has 5 heteroatoms. The molecule has 2 N–H and O–H groups in total. The molecule has 0 aliphatic rings. The first kappa shape index (κ1) is 18.7. The second kappa shape index (κ2) is 7.41. The average molecular weight is 437 g/mol. The van der Waals surface area contributed by atoms with E-state index in [2.05, 4.69) is 52.3 Å². The zero-order valence-corrected chi connectivity index (χ0v) is 17.4. The minimum atomic E-state index is -0.334. The molecule has 0 amide bonds. The zero-order chi connectivity index (χ0) is 19.8. The maximum atomic E-state index is 12.7. The lowest BCUT2D eigenvalue weighted by Gasteiger charge is -2.10. The summed E-state index contributed by atoms with van der Waals surface area (Å²) >= 11 is 3.74. The van der Waals surface area contributed by atoms with Crippen molar-refractivity contribution in [1.29, 1.82) is 0 Å². The first-order chi connectivity index (χ1) is 13.6.